The third-order valence-electron chi connectivity index (χ3n) is 5.61. The minimum Gasteiger partial charge on any atom is -0.373 e. The number of carbonyl (C=O) groups excluding carboxylic acids is 2. The van der Waals surface area contributed by atoms with E-state index in [0.717, 1.165) is 37.2 Å². The molecule has 2 aliphatic carbocycles. The average Bonchev–Trinajstić information content (AvgIpc) is 3.44. The second-order valence-electron chi connectivity index (χ2n) is 8.06. The summed E-state index contributed by atoms with van der Waals surface area (Å²) in [4.78, 5) is 25.4. The van der Waals surface area contributed by atoms with Crippen LogP contribution in [0.3, 0.4) is 0 Å². The maximum absolute atomic E-state index is 12.7. The predicted octanol–water partition coefficient (Wildman–Crippen LogP) is 2.95. The molecule has 2 saturated heterocycles. The molecule has 0 N–H and O–H groups in total. The molecule has 0 aromatic rings. The van der Waals surface area contributed by atoms with Gasteiger partial charge in [-0.25, -0.2) is 0 Å². The second kappa shape index (κ2) is 6.19. The van der Waals surface area contributed by atoms with Gasteiger partial charge in [-0.3, -0.25) is 9.59 Å². The monoisotopic (exact) mass is 340 g/mol. The van der Waals surface area contributed by atoms with E-state index in [9.17, 15) is 9.59 Å². The lowest BCUT2D eigenvalue weighted by molar-refractivity contribution is -0.125. The fourth-order valence-corrected chi connectivity index (χ4v) is 3.84. The Morgan fingerprint density at radius 1 is 0.880 bits per heavy atom. The zero-order chi connectivity index (χ0) is 17.6. The molecule has 4 atom stereocenters. The second-order valence-corrected chi connectivity index (χ2v) is 8.06. The van der Waals surface area contributed by atoms with E-state index in [0.29, 0.717) is 0 Å². The Labute approximate surface area is 148 Å². The minimum atomic E-state index is -0.461. The number of carbonyl (C=O) groups is 2. The fourth-order valence-electron chi connectivity index (χ4n) is 3.84. The van der Waals surface area contributed by atoms with E-state index < -0.39 is 5.41 Å². The highest BCUT2D eigenvalue weighted by Gasteiger charge is 2.43. The van der Waals surface area contributed by atoms with E-state index in [1.807, 2.05) is 38.2 Å². The first-order valence-electron chi connectivity index (χ1n) is 9.02. The van der Waals surface area contributed by atoms with Crippen molar-refractivity contribution in [2.75, 3.05) is 13.2 Å². The summed E-state index contributed by atoms with van der Waals surface area (Å²) in [6.07, 6.45) is 13.6. The first-order chi connectivity index (χ1) is 11.9. The summed E-state index contributed by atoms with van der Waals surface area (Å²) >= 11 is 0. The zero-order valence-corrected chi connectivity index (χ0v) is 14.7. The summed E-state index contributed by atoms with van der Waals surface area (Å²) in [5.74, 6) is -0.385. The van der Waals surface area contributed by atoms with Crippen molar-refractivity contribution >= 4 is 11.6 Å². The van der Waals surface area contributed by atoms with Crippen molar-refractivity contribution in [1.82, 2.24) is 0 Å². The van der Waals surface area contributed by atoms with Crippen molar-refractivity contribution in [2.45, 2.75) is 38.9 Å². The number of rotatable bonds is 6. The number of ether oxygens (including phenoxy) is 2. The van der Waals surface area contributed by atoms with Crippen LogP contribution < -0.4 is 0 Å². The molecule has 0 amide bonds. The van der Waals surface area contributed by atoms with E-state index in [4.69, 9.17) is 9.47 Å². The lowest BCUT2D eigenvalue weighted by Crippen LogP contribution is -2.40. The highest BCUT2D eigenvalue weighted by Crippen LogP contribution is 2.42. The standard InChI is InChI=1S/C21H24O4/c1-21(2,17-5-3-13(9-19(17)22)7-15-11-24-15)18-6-4-14(10-20(18)23)8-16-12-25-16/h3-6,9-10,15-18H,7-8,11-12H2,1-2H3. The van der Waals surface area contributed by atoms with Gasteiger partial charge in [-0.1, -0.05) is 38.2 Å². The molecule has 0 aromatic carbocycles. The first-order valence-corrected chi connectivity index (χ1v) is 9.02. The lowest BCUT2D eigenvalue weighted by atomic mass is 9.64. The molecule has 4 unspecified atom stereocenters. The Bertz CT molecular complexity index is 654. The fraction of sp³-hybridized carbons (Fsp3) is 0.524. The SMILES string of the molecule is CC(C)(C1C=CC(CC2CO2)=CC1=O)C1C=CC(CC2CO2)=CC1=O. The topological polar surface area (TPSA) is 59.2 Å². The molecule has 0 saturated carbocycles. The van der Waals surface area contributed by atoms with Gasteiger partial charge in [0.2, 0.25) is 0 Å². The quantitative estimate of drug-likeness (QED) is 0.698. The smallest absolute Gasteiger partial charge is 0.163 e. The molecule has 4 nitrogen and oxygen atoms in total. The van der Waals surface area contributed by atoms with Crippen molar-refractivity contribution in [3.05, 3.63) is 47.6 Å². The Kier molecular flexibility index (Phi) is 4.13. The van der Waals surface area contributed by atoms with E-state index in [1.165, 1.54) is 0 Å². The van der Waals surface area contributed by atoms with Gasteiger partial charge in [-0.15, -0.1) is 0 Å². The van der Waals surface area contributed by atoms with Crippen molar-refractivity contribution in [3.63, 3.8) is 0 Å². The highest BCUT2D eigenvalue weighted by molar-refractivity contribution is 5.99. The number of hydrogen-bond donors (Lipinski definition) is 0. The zero-order valence-electron chi connectivity index (χ0n) is 14.7. The Morgan fingerprint density at radius 3 is 1.60 bits per heavy atom. The normalized spacial score (nSPS) is 34.0. The van der Waals surface area contributed by atoms with Gasteiger partial charge in [0.05, 0.1) is 25.4 Å². The third kappa shape index (κ3) is 3.60. The van der Waals surface area contributed by atoms with E-state index >= 15 is 0 Å². The van der Waals surface area contributed by atoms with Crippen molar-refractivity contribution in [2.24, 2.45) is 17.3 Å². The molecule has 4 aliphatic rings. The number of epoxide rings is 2. The number of allylic oxidation sites excluding steroid dienone is 6. The summed E-state index contributed by atoms with van der Waals surface area (Å²) in [6, 6.07) is 0. The minimum absolute atomic E-state index is 0.0884. The molecular formula is C21H24O4. The third-order valence-corrected chi connectivity index (χ3v) is 5.61. The predicted molar refractivity (Wildman–Crippen MR) is 93.9 cm³/mol. The van der Waals surface area contributed by atoms with Gasteiger partial charge in [-0.05, 0) is 28.7 Å². The Hall–Kier alpha value is -1.78. The van der Waals surface area contributed by atoms with Crippen LogP contribution in [-0.4, -0.2) is 37.0 Å². The van der Waals surface area contributed by atoms with Crippen LogP contribution in [0, 0.1) is 17.3 Å². The Morgan fingerprint density at radius 2 is 1.28 bits per heavy atom. The van der Waals surface area contributed by atoms with Gasteiger partial charge in [0.15, 0.2) is 11.6 Å². The van der Waals surface area contributed by atoms with Crippen molar-refractivity contribution < 1.29 is 19.1 Å². The van der Waals surface area contributed by atoms with E-state index in [1.54, 1.807) is 12.2 Å². The van der Waals surface area contributed by atoms with Crippen LogP contribution in [0.25, 0.3) is 0 Å². The van der Waals surface area contributed by atoms with Gasteiger partial charge in [0, 0.05) is 24.7 Å². The molecule has 4 rings (SSSR count). The molecular weight excluding hydrogens is 316 g/mol. The molecule has 4 heteroatoms. The molecule has 132 valence electrons. The molecule has 2 fully saturated rings. The number of ketones is 2. The van der Waals surface area contributed by atoms with Crippen LogP contribution in [0.15, 0.2) is 47.6 Å². The van der Waals surface area contributed by atoms with E-state index in [2.05, 4.69) is 0 Å². The molecule has 0 bridgehead atoms. The summed E-state index contributed by atoms with van der Waals surface area (Å²) < 4.78 is 10.5. The Balaban J connectivity index is 1.46. The summed E-state index contributed by atoms with van der Waals surface area (Å²) in [6.45, 7) is 5.60. The molecule has 0 spiro atoms. The first kappa shape index (κ1) is 16.7. The summed E-state index contributed by atoms with van der Waals surface area (Å²) in [5.41, 5.74) is 1.59. The summed E-state index contributed by atoms with van der Waals surface area (Å²) in [5, 5.41) is 0. The molecule has 2 aliphatic heterocycles. The highest BCUT2D eigenvalue weighted by atomic mass is 16.6. The molecule has 0 radical (unpaired) electrons. The van der Waals surface area contributed by atoms with Gasteiger partial charge in [0.1, 0.15) is 0 Å². The van der Waals surface area contributed by atoms with Gasteiger partial charge in [-0.2, -0.15) is 0 Å². The van der Waals surface area contributed by atoms with Crippen LogP contribution in [-0.2, 0) is 19.1 Å². The molecule has 25 heavy (non-hydrogen) atoms. The van der Waals surface area contributed by atoms with Crippen LogP contribution in [0.4, 0.5) is 0 Å². The molecule has 0 aromatic heterocycles. The lowest BCUT2D eigenvalue weighted by Gasteiger charge is -2.38. The largest absolute Gasteiger partial charge is 0.373 e. The average molecular weight is 340 g/mol. The van der Waals surface area contributed by atoms with Crippen LogP contribution in [0.2, 0.25) is 0 Å². The molecule has 2 heterocycles. The maximum atomic E-state index is 12.7. The maximum Gasteiger partial charge on any atom is 0.163 e. The van der Waals surface area contributed by atoms with Gasteiger partial charge >= 0.3 is 0 Å². The van der Waals surface area contributed by atoms with Crippen LogP contribution >= 0.6 is 0 Å². The van der Waals surface area contributed by atoms with Crippen molar-refractivity contribution in [3.8, 4) is 0 Å². The van der Waals surface area contributed by atoms with Crippen molar-refractivity contribution in [1.29, 1.82) is 0 Å². The van der Waals surface area contributed by atoms with E-state index in [-0.39, 0.29) is 35.6 Å². The number of hydrogen-bond acceptors (Lipinski definition) is 4. The van der Waals surface area contributed by atoms with Gasteiger partial charge < -0.3 is 9.47 Å². The van der Waals surface area contributed by atoms with Gasteiger partial charge in [0.25, 0.3) is 0 Å². The van der Waals surface area contributed by atoms with Crippen LogP contribution in [0.5, 0.6) is 0 Å². The van der Waals surface area contributed by atoms with Crippen LogP contribution in [0.1, 0.15) is 26.7 Å². The summed E-state index contributed by atoms with van der Waals surface area (Å²) in [7, 11) is 0.